The van der Waals surface area contributed by atoms with Crippen LogP contribution in [0, 0.1) is 0 Å². The summed E-state index contributed by atoms with van der Waals surface area (Å²) in [4.78, 5) is 27.3. The number of carbonyl (C=O) groups is 2. The van der Waals surface area contributed by atoms with E-state index < -0.39 is 0 Å². The van der Waals surface area contributed by atoms with Gasteiger partial charge in [0, 0.05) is 25.2 Å². The number of nitrogens with one attached hydrogen (secondary N) is 2. The first-order valence-electron chi connectivity index (χ1n) is 6.74. The van der Waals surface area contributed by atoms with Gasteiger partial charge in [-0.2, -0.15) is 0 Å². The summed E-state index contributed by atoms with van der Waals surface area (Å²) in [6.45, 7) is 0.341. The number of nitrogens with zero attached hydrogens (tertiary/aromatic N) is 1. The minimum absolute atomic E-state index is 0.00761. The Kier molecular flexibility index (Phi) is 4.89. The van der Waals surface area contributed by atoms with Gasteiger partial charge in [0.2, 0.25) is 5.91 Å². The minimum Gasteiger partial charge on any atom is -0.353 e. The molecule has 0 saturated heterocycles. The molecule has 5 heteroatoms. The largest absolute Gasteiger partial charge is 0.353 e. The maximum absolute atomic E-state index is 11.7. The Morgan fingerprint density at radius 1 is 1.26 bits per heavy atom. The van der Waals surface area contributed by atoms with Crippen LogP contribution in [0.15, 0.2) is 24.4 Å². The van der Waals surface area contributed by atoms with E-state index in [-0.39, 0.29) is 11.8 Å². The Bertz CT molecular complexity index is 428. The SMILES string of the molecule is O=C(CCNC(=O)c1ccccn1)NC1CCCC1. The summed E-state index contributed by atoms with van der Waals surface area (Å²) in [7, 11) is 0. The molecular formula is C14H19N3O2. The van der Waals surface area contributed by atoms with Crippen LogP contribution in [-0.4, -0.2) is 29.4 Å². The molecular weight excluding hydrogens is 242 g/mol. The molecule has 1 aromatic rings. The van der Waals surface area contributed by atoms with Crippen molar-refractivity contribution in [2.24, 2.45) is 0 Å². The topological polar surface area (TPSA) is 71.1 Å². The lowest BCUT2D eigenvalue weighted by Gasteiger charge is -2.11. The Balaban J connectivity index is 1.65. The Labute approximate surface area is 112 Å². The predicted octanol–water partition coefficient (Wildman–Crippen LogP) is 1.26. The van der Waals surface area contributed by atoms with Crippen molar-refractivity contribution in [3.63, 3.8) is 0 Å². The van der Waals surface area contributed by atoms with Gasteiger partial charge in [-0.25, -0.2) is 0 Å². The summed E-state index contributed by atoms with van der Waals surface area (Å²) >= 11 is 0. The van der Waals surface area contributed by atoms with Crippen molar-refractivity contribution in [1.29, 1.82) is 0 Å². The van der Waals surface area contributed by atoms with Crippen molar-refractivity contribution in [2.75, 3.05) is 6.54 Å². The highest BCUT2D eigenvalue weighted by atomic mass is 16.2. The lowest BCUT2D eigenvalue weighted by molar-refractivity contribution is -0.121. The van der Waals surface area contributed by atoms with Crippen LogP contribution in [0.25, 0.3) is 0 Å². The second-order valence-corrected chi connectivity index (χ2v) is 4.77. The third-order valence-corrected chi connectivity index (χ3v) is 3.26. The maximum Gasteiger partial charge on any atom is 0.269 e. The molecule has 0 spiro atoms. The van der Waals surface area contributed by atoms with E-state index >= 15 is 0 Å². The predicted molar refractivity (Wildman–Crippen MR) is 71.6 cm³/mol. The zero-order valence-corrected chi connectivity index (χ0v) is 10.9. The molecule has 0 aliphatic heterocycles. The Morgan fingerprint density at radius 3 is 2.74 bits per heavy atom. The second-order valence-electron chi connectivity index (χ2n) is 4.77. The van der Waals surface area contributed by atoms with Crippen molar-refractivity contribution in [3.05, 3.63) is 30.1 Å². The lowest BCUT2D eigenvalue weighted by Crippen LogP contribution is -2.35. The first kappa shape index (κ1) is 13.5. The first-order valence-corrected chi connectivity index (χ1v) is 6.74. The highest BCUT2D eigenvalue weighted by Gasteiger charge is 2.16. The van der Waals surface area contributed by atoms with Gasteiger partial charge in [-0.1, -0.05) is 18.9 Å². The van der Waals surface area contributed by atoms with Crippen LogP contribution in [0.2, 0.25) is 0 Å². The Hall–Kier alpha value is -1.91. The van der Waals surface area contributed by atoms with Crippen molar-refractivity contribution < 1.29 is 9.59 Å². The fourth-order valence-corrected chi connectivity index (χ4v) is 2.25. The quantitative estimate of drug-likeness (QED) is 0.838. The van der Waals surface area contributed by atoms with E-state index in [1.807, 2.05) is 0 Å². The third kappa shape index (κ3) is 4.35. The smallest absolute Gasteiger partial charge is 0.269 e. The van der Waals surface area contributed by atoms with E-state index in [1.54, 1.807) is 24.4 Å². The summed E-state index contributed by atoms with van der Waals surface area (Å²) in [5.41, 5.74) is 0.374. The van der Waals surface area contributed by atoms with E-state index in [0.29, 0.717) is 24.7 Å². The average Bonchev–Trinajstić information content (AvgIpc) is 2.92. The normalized spacial score (nSPS) is 15.2. The summed E-state index contributed by atoms with van der Waals surface area (Å²) in [6, 6.07) is 5.49. The summed E-state index contributed by atoms with van der Waals surface area (Å²) < 4.78 is 0. The lowest BCUT2D eigenvalue weighted by atomic mass is 10.2. The molecule has 1 aliphatic rings. The molecule has 0 bridgehead atoms. The molecule has 0 radical (unpaired) electrons. The zero-order valence-electron chi connectivity index (χ0n) is 10.9. The summed E-state index contributed by atoms with van der Waals surface area (Å²) in [5, 5.41) is 5.68. The molecule has 19 heavy (non-hydrogen) atoms. The van der Waals surface area contributed by atoms with Gasteiger partial charge >= 0.3 is 0 Å². The number of pyridine rings is 1. The fourth-order valence-electron chi connectivity index (χ4n) is 2.25. The van der Waals surface area contributed by atoms with Gasteiger partial charge in [0.25, 0.3) is 5.91 Å². The molecule has 1 saturated carbocycles. The van der Waals surface area contributed by atoms with Crippen molar-refractivity contribution in [1.82, 2.24) is 15.6 Å². The molecule has 1 aromatic heterocycles. The number of rotatable bonds is 5. The van der Waals surface area contributed by atoms with Gasteiger partial charge < -0.3 is 10.6 Å². The second kappa shape index (κ2) is 6.87. The van der Waals surface area contributed by atoms with E-state index in [2.05, 4.69) is 15.6 Å². The molecule has 0 atom stereocenters. The van der Waals surface area contributed by atoms with E-state index in [4.69, 9.17) is 0 Å². The average molecular weight is 261 g/mol. The molecule has 2 rings (SSSR count). The van der Waals surface area contributed by atoms with Gasteiger partial charge in [0.15, 0.2) is 0 Å². The molecule has 2 amide bonds. The fraction of sp³-hybridized carbons (Fsp3) is 0.500. The van der Waals surface area contributed by atoms with Gasteiger partial charge in [0.05, 0.1) is 0 Å². The van der Waals surface area contributed by atoms with E-state index in [1.165, 1.54) is 12.8 Å². The van der Waals surface area contributed by atoms with Crippen LogP contribution in [-0.2, 0) is 4.79 Å². The molecule has 0 aromatic carbocycles. The molecule has 1 heterocycles. The number of hydrogen-bond acceptors (Lipinski definition) is 3. The third-order valence-electron chi connectivity index (χ3n) is 3.26. The van der Waals surface area contributed by atoms with Gasteiger partial charge in [-0.15, -0.1) is 0 Å². The van der Waals surface area contributed by atoms with Gasteiger partial charge in [0.1, 0.15) is 5.69 Å². The number of amides is 2. The van der Waals surface area contributed by atoms with Crippen LogP contribution in [0.1, 0.15) is 42.6 Å². The molecule has 1 fully saturated rings. The van der Waals surface area contributed by atoms with Gasteiger partial charge in [-0.05, 0) is 25.0 Å². The van der Waals surface area contributed by atoms with Crippen LogP contribution in [0.3, 0.4) is 0 Å². The molecule has 2 N–H and O–H groups in total. The molecule has 1 aliphatic carbocycles. The van der Waals surface area contributed by atoms with Crippen LogP contribution in [0.4, 0.5) is 0 Å². The number of carbonyl (C=O) groups excluding carboxylic acids is 2. The monoisotopic (exact) mass is 261 g/mol. The van der Waals surface area contributed by atoms with Crippen molar-refractivity contribution in [3.8, 4) is 0 Å². The standard InChI is InChI=1S/C14H19N3O2/c18-13(17-11-5-1-2-6-11)8-10-16-14(19)12-7-3-4-9-15-12/h3-4,7,9,11H,1-2,5-6,8,10H2,(H,16,19)(H,17,18). The zero-order chi connectivity index (χ0) is 13.5. The molecule has 5 nitrogen and oxygen atoms in total. The van der Waals surface area contributed by atoms with E-state index in [9.17, 15) is 9.59 Å². The van der Waals surface area contributed by atoms with E-state index in [0.717, 1.165) is 12.8 Å². The van der Waals surface area contributed by atoms with Crippen molar-refractivity contribution >= 4 is 11.8 Å². The van der Waals surface area contributed by atoms with Crippen LogP contribution < -0.4 is 10.6 Å². The maximum atomic E-state index is 11.7. The minimum atomic E-state index is -0.241. The first-order chi connectivity index (χ1) is 9.25. The highest BCUT2D eigenvalue weighted by molar-refractivity contribution is 5.92. The Morgan fingerprint density at radius 2 is 2.05 bits per heavy atom. The molecule has 0 unspecified atom stereocenters. The highest BCUT2D eigenvalue weighted by Crippen LogP contribution is 2.17. The summed E-state index contributed by atoms with van der Waals surface area (Å²) in [5.74, 6) is -0.234. The molecule has 102 valence electrons. The van der Waals surface area contributed by atoms with Crippen LogP contribution >= 0.6 is 0 Å². The summed E-state index contributed by atoms with van der Waals surface area (Å²) in [6.07, 6.45) is 6.43. The number of aromatic nitrogens is 1. The van der Waals surface area contributed by atoms with Crippen molar-refractivity contribution in [2.45, 2.75) is 38.1 Å². The number of hydrogen-bond donors (Lipinski definition) is 2. The van der Waals surface area contributed by atoms with Crippen LogP contribution in [0.5, 0.6) is 0 Å². The van der Waals surface area contributed by atoms with Gasteiger partial charge in [-0.3, -0.25) is 14.6 Å².